The van der Waals surface area contributed by atoms with E-state index < -0.39 is 12.2 Å². The first-order chi connectivity index (χ1) is 24.0. The van der Waals surface area contributed by atoms with Crippen LogP contribution in [-0.4, -0.2) is 49.4 Å². The van der Waals surface area contributed by atoms with E-state index in [-0.39, 0.29) is 25.2 Å². The summed E-state index contributed by atoms with van der Waals surface area (Å²) in [6.45, 7) is 12.8. The molecule has 2 N–H and O–H groups in total. The molecule has 0 aliphatic heterocycles. The van der Waals surface area contributed by atoms with Crippen molar-refractivity contribution in [3.63, 3.8) is 0 Å². The third-order valence-corrected chi connectivity index (χ3v) is 9.46. The first-order valence-corrected chi connectivity index (χ1v) is 17.3. The minimum atomic E-state index is -0.814. The van der Waals surface area contributed by atoms with Crippen LogP contribution in [-0.2, 0) is 5.41 Å². The molecule has 0 aromatic heterocycles. The maximum atomic E-state index is 10.8. The Morgan fingerprint density at radius 1 is 0.540 bits per heavy atom. The second-order valence-electron chi connectivity index (χ2n) is 13.3. The number of benzene rings is 5. The SMILES string of the molecule is CCC(O)COc1c(C)cc(-c2cc(C)c(OCC(O)COc3ccc(C(C)(c4ccccc4)c4ccc(OC)cc4)cc3)c(C)c2)cc1C. The average Bonchev–Trinajstić information content (AvgIpc) is 3.13. The van der Waals surface area contributed by atoms with Crippen LogP contribution in [0.3, 0.4) is 0 Å². The normalized spacial score (nSPS) is 13.6. The zero-order valence-corrected chi connectivity index (χ0v) is 30.3. The van der Waals surface area contributed by atoms with E-state index >= 15 is 0 Å². The minimum absolute atomic E-state index is 0.103. The number of hydrogen-bond donors (Lipinski definition) is 2. The van der Waals surface area contributed by atoms with E-state index in [2.05, 4.69) is 79.7 Å². The van der Waals surface area contributed by atoms with Gasteiger partial charge in [-0.15, -0.1) is 0 Å². The molecule has 0 radical (unpaired) electrons. The van der Waals surface area contributed by atoms with Gasteiger partial charge >= 0.3 is 0 Å². The van der Waals surface area contributed by atoms with E-state index in [1.165, 1.54) is 5.56 Å². The van der Waals surface area contributed by atoms with Crippen LogP contribution in [0.1, 0.15) is 59.2 Å². The van der Waals surface area contributed by atoms with Gasteiger partial charge in [0.2, 0.25) is 0 Å². The molecule has 0 heterocycles. The maximum absolute atomic E-state index is 10.8. The number of aryl methyl sites for hydroxylation is 4. The molecule has 0 fully saturated rings. The van der Waals surface area contributed by atoms with Crippen LogP contribution in [0.5, 0.6) is 23.0 Å². The number of hydrogen-bond acceptors (Lipinski definition) is 6. The molecule has 262 valence electrons. The smallest absolute Gasteiger partial charge is 0.125 e. The zero-order chi connectivity index (χ0) is 35.8. The summed E-state index contributed by atoms with van der Waals surface area (Å²) in [5.74, 6) is 3.08. The Balaban J connectivity index is 1.22. The van der Waals surface area contributed by atoms with Gasteiger partial charge in [-0.05, 0) is 140 Å². The van der Waals surface area contributed by atoms with Crippen molar-refractivity contribution in [1.29, 1.82) is 0 Å². The van der Waals surface area contributed by atoms with Crippen molar-refractivity contribution >= 4 is 0 Å². The first-order valence-electron chi connectivity index (χ1n) is 17.3. The van der Waals surface area contributed by atoms with Crippen LogP contribution >= 0.6 is 0 Å². The monoisotopic (exact) mass is 674 g/mol. The van der Waals surface area contributed by atoms with Crippen molar-refractivity contribution in [2.75, 3.05) is 26.9 Å². The summed E-state index contributed by atoms with van der Waals surface area (Å²) in [6, 6.07) is 35.2. The van der Waals surface area contributed by atoms with Crippen LogP contribution < -0.4 is 18.9 Å². The lowest BCUT2D eigenvalue weighted by Crippen LogP contribution is -2.26. The highest BCUT2D eigenvalue weighted by Crippen LogP contribution is 2.40. The van der Waals surface area contributed by atoms with Gasteiger partial charge in [0, 0.05) is 5.41 Å². The number of aliphatic hydroxyl groups is 2. The molecule has 0 saturated carbocycles. The fourth-order valence-corrected chi connectivity index (χ4v) is 6.49. The fraction of sp³-hybridized carbons (Fsp3) is 0.318. The van der Waals surface area contributed by atoms with Gasteiger partial charge < -0.3 is 29.2 Å². The molecule has 3 unspecified atom stereocenters. The molecule has 0 aliphatic rings. The first kappa shape index (κ1) is 36.5. The van der Waals surface area contributed by atoms with E-state index in [1.54, 1.807) is 7.11 Å². The van der Waals surface area contributed by atoms with Crippen molar-refractivity contribution in [3.05, 3.63) is 142 Å². The van der Waals surface area contributed by atoms with Gasteiger partial charge in [-0.25, -0.2) is 0 Å². The Hall–Kier alpha value is -4.78. The Morgan fingerprint density at radius 2 is 0.940 bits per heavy atom. The third-order valence-electron chi connectivity index (χ3n) is 9.46. The van der Waals surface area contributed by atoms with Crippen molar-refractivity contribution < 1.29 is 29.2 Å². The lowest BCUT2D eigenvalue weighted by atomic mass is 9.71. The number of methoxy groups -OCH3 is 1. The molecule has 50 heavy (non-hydrogen) atoms. The second-order valence-corrected chi connectivity index (χ2v) is 13.3. The summed E-state index contributed by atoms with van der Waals surface area (Å²) < 4.78 is 23.5. The van der Waals surface area contributed by atoms with E-state index in [4.69, 9.17) is 18.9 Å². The minimum Gasteiger partial charge on any atom is -0.497 e. The molecule has 0 saturated heterocycles. The summed E-state index contributed by atoms with van der Waals surface area (Å²) in [5, 5.41) is 20.7. The standard InChI is InChI=1S/C44H50O6/c1-8-38(45)26-49-42-29(2)22-33(23-30(42)3)34-24-31(4)43(32(5)25-34)50-28-39(46)27-48-41-20-16-37(17-21-41)44(6,35-12-10-9-11-13-35)36-14-18-40(47-7)19-15-36/h9-25,38-39,45-46H,8,26-28H2,1-7H3. The fourth-order valence-electron chi connectivity index (χ4n) is 6.49. The molecular formula is C44H50O6. The van der Waals surface area contributed by atoms with Gasteiger partial charge in [-0.3, -0.25) is 0 Å². The van der Waals surface area contributed by atoms with Crippen molar-refractivity contribution in [2.24, 2.45) is 0 Å². The molecule has 6 nitrogen and oxygen atoms in total. The molecule has 0 amide bonds. The molecule has 0 bridgehead atoms. The summed E-state index contributed by atoms with van der Waals surface area (Å²) >= 11 is 0. The molecule has 6 heteroatoms. The van der Waals surface area contributed by atoms with Crippen LogP contribution in [0, 0.1) is 27.7 Å². The second kappa shape index (κ2) is 16.3. The molecule has 5 aromatic carbocycles. The van der Waals surface area contributed by atoms with E-state index in [1.807, 2.05) is 65.0 Å². The predicted octanol–water partition coefficient (Wildman–Crippen LogP) is 8.92. The van der Waals surface area contributed by atoms with Crippen molar-refractivity contribution in [1.82, 2.24) is 0 Å². The van der Waals surface area contributed by atoms with E-state index in [9.17, 15) is 10.2 Å². The Morgan fingerprint density at radius 3 is 1.38 bits per heavy atom. The highest BCUT2D eigenvalue weighted by Gasteiger charge is 2.31. The lowest BCUT2D eigenvalue weighted by molar-refractivity contribution is 0.0622. The van der Waals surface area contributed by atoms with Gasteiger partial charge in [0.1, 0.15) is 48.9 Å². The van der Waals surface area contributed by atoms with Crippen LogP contribution in [0.15, 0.2) is 103 Å². The van der Waals surface area contributed by atoms with Crippen LogP contribution in [0.2, 0.25) is 0 Å². The largest absolute Gasteiger partial charge is 0.497 e. The number of aliphatic hydroxyl groups excluding tert-OH is 2. The zero-order valence-electron chi connectivity index (χ0n) is 30.3. The Bertz CT molecular complexity index is 1800. The number of rotatable bonds is 15. The van der Waals surface area contributed by atoms with Gasteiger partial charge in [0.05, 0.1) is 13.2 Å². The maximum Gasteiger partial charge on any atom is 0.125 e. The molecule has 5 rings (SSSR count). The molecule has 5 aromatic rings. The Kier molecular flexibility index (Phi) is 11.9. The van der Waals surface area contributed by atoms with Crippen molar-refractivity contribution in [3.8, 4) is 34.1 Å². The summed E-state index contributed by atoms with van der Waals surface area (Å²) in [7, 11) is 1.68. The molecule has 0 aliphatic carbocycles. The highest BCUT2D eigenvalue weighted by atomic mass is 16.5. The van der Waals surface area contributed by atoms with Gasteiger partial charge in [-0.1, -0.05) is 61.5 Å². The Labute approximate surface area is 297 Å². The average molecular weight is 675 g/mol. The van der Waals surface area contributed by atoms with Gasteiger partial charge in [0.15, 0.2) is 0 Å². The molecule has 3 atom stereocenters. The molecule has 0 spiro atoms. The van der Waals surface area contributed by atoms with Gasteiger partial charge in [-0.2, -0.15) is 0 Å². The highest BCUT2D eigenvalue weighted by molar-refractivity contribution is 5.70. The van der Waals surface area contributed by atoms with Gasteiger partial charge in [0.25, 0.3) is 0 Å². The van der Waals surface area contributed by atoms with E-state index in [0.717, 1.165) is 61.8 Å². The summed E-state index contributed by atoms with van der Waals surface area (Å²) in [5.41, 5.74) is 9.28. The van der Waals surface area contributed by atoms with Crippen LogP contribution in [0.4, 0.5) is 0 Å². The predicted molar refractivity (Wildman–Crippen MR) is 201 cm³/mol. The number of ether oxygens (including phenoxy) is 4. The molecular weight excluding hydrogens is 624 g/mol. The summed E-state index contributed by atoms with van der Waals surface area (Å²) in [6.07, 6.45) is -0.634. The van der Waals surface area contributed by atoms with E-state index in [0.29, 0.717) is 12.2 Å². The van der Waals surface area contributed by atoms with Crippen molar-refractivity contribution in [2.45, 2.75) is 65.6 Å². The quantitative estimate of drug-likeness (QED) is 0.108. The lowest BCUT2D eigenvalue weighted by Gasteiger charge is -2.32. The summed E-state index contributed by atoms with van der Waals surface area (Å²) in [4.78, 5) is 0. The third kappa shape index (κ3) is 8.32. The van der Waals surface area contributed by atoms with Crippen LogP contribution in [0.25, 0.3) is 11.1 Å². The topological polar surface area (TPSA) is 77.4 Å².